The van der Waals surface area contributed by atoms with Crippen molar-refractivity contribution in [2.45, 2.75) is 51.7 Å². The van der Waals surface area contributed by atoms with Gasteiger partial charge in [0.25, 0.3) is 5.91 Å². The third kappa shape index (κ3) is 3.81. The van der Waals surface area contributed by atoms with Crippen LogP contribution < -0.4 is 4.74 Å². The Morgan fingerprint density at radius 3 is 3.00 bits per heavy atom. The van der Waals surface area contributed by atoms with E-state index in [-0.39, 0.29) is 17.9 Å². The van der Waals surface area contributed by atoms with Gasteiger partial charge in [-0.3, -0.25) is 4.79 Å². The standard InChI is InChI=1S/C20H27NO3/c1-16(24-18-8-5-7-17(13-18)14-22)19(23)21-12-6-11-20(15-21)9-3-2-4-10-20/h2-3,5,7-8,13,16,22H,4,6,9-12,14-15H2,1H3. The lowest BCUT2D eigenvalue weighted by Gasteiger charge is -2.44. The van der Waals surface area contributed by atoms with E-state index in [0.717, 1.165) is 37.9 Å². The normalized spacial score (nSPS) is 24.8. The number of benzene rings is 1. The summed E-state index contributed by atoms with van der Waals surface area (Å²) in [5.41, 5.74) is 1.07. The topological polar surface area (TPSA) is 49.8 Å². The summed E-state index contributed by atoms with van der Waals surface area (Å²) < 4.78 is 5.83. The molecule has 0 radical (unpaired) electrons. The van der Waals surface area contributed by atoms with Gasteiger partial charge in [-0.2, -0.15) is 0 Å². The molecule has 1 spiro atoms. The van der Waals surface area contributed by atoms with Crippen LogP contribution in [0.2, 0.25) is 0 Å². The van der Waals surface area contributed by atoms with Gasteiger partial charge in [0.15, 0.2) is 6.10 Å². The molecule has 1 fully saturated rings. The van der Waals surface area contributed by atoms with Crippen LogP contribution >= 0.6 is 0 Å². The van der Waals surface area contributed by atoms with Gasteiger partial charge in [0.2, 0.25) is 0 Å². The molecule has 1 amide bonds. The summed E-state index contributed by atoms with van der Waals surface area (Å²) in [6, 6.07) is 7.28. The molecule has 1 heterocycles. The van der Waals surface area contributed by atoms with E-state index in [2.05, 4.69) is 12.2 Å². The van der Waals surface area contributed by atoms with Gasteiger partial charge in [0.05, 0.1) is 6.61 Å². The largest absolute Gasteiger partial charge is 0.481 e. The third-order valence-corrected chi connectivity index (χ3v) is 5.27. The maximum absolute atomic E-state index is 12.8. The number of likely N-dealkylation sites (tertiary alicyclic amines) is 1. The van der Waals surface area contributed by atoms with E-state index in [1.54, 1.807) is 6.07 Å². The summed E-state index contributed by atoms with van der Waals surface area (Å²) in [6.07, 6.45) is 9.71. The number of carbonyl (C=O) groups is 1. The monoisotopic (exact) mass is 329 g/mol. The highest BCUT2D eigenvalue weighted by Gasteiger charge is 2.38. The first-order valence-corrected chi connectivity index (χ1v) is 8.92. The molecule has 1 aromatic carbocycles. The number of allylic oxidation sites excluding steroid dienone is 2. The van der Waals surface area contributed by atoms with Crippen LogP contribution in [-0.2, 0) is 11.4 Å². The van der Waals surface area contributed by atoms with Crippen molar-refractivity contribution in [1.82, 2.24) is 4.90 Å². The van der Waals surface area contributed by atoms with Crippen molar-refractivity contribution in [3.05, 3.63) is 42.0 Å². The Balaban J connectivity index is 1.63. The molecule has 24 heavy (non-hydrogen) atoms. The number of ether oxygens (including phenoxy) is 1. The first kappa shape index (κ1) is 17.0. The Morgan fingerprint density at radius 1 is 1.38 bits per heavy atom. The highest BCUT2D eigenvalue weighted by atomic mass is 16.5. The van der Waals surface area contributed by atoms with Crippen LogP contribution in [-0.4, -0.2) is 35.1 Å². The molecule has 1 aliphatic heterocycles. The van der Waals surface area contributed by atoms with Gasteiger partial charge in [0.1, 0.15) is 5.75 Å². The molecule has 2 aliphatic rings. The minimum absolute atomic E-state index is 0.0261. The predicted octanol–water partition coefficient (Wildman–Crippen LogP) is 3.30. The number of rotatable bonds is 4. The van der Waals surface area contributed by atoms with E-state index in [1.165, 1.54) is 12.8 Å². The van der Waals surface area contributed by atoms with Gasteiger partial charge in [-0.05, 0) is 62.1 Å². The molecule has 4 nitrogen and oxygen atoms in total. The SMILES string of the molecule is CC(Oc1cccc(CO)c1)C(=O)N1CCCC2(CC=CCC2)C1. The van der Waals surface area contributed by atoms with Crippen molar-refractivity contribution < 1.29 is 14.6 Å². The zero-order valence-corrected chi connectivity index (χ0v) is 14.4. The number of piperidine rings is 1. The molecule has 1 N–H and O–H groups in total. The molecule has 1 aromatic rings. The van der Waals surface area contributed by atoms with E-state index in [1.807, 2.05) is 30.0 Å². The molecule has 2 unspecified atom stereocenters. The molecule has 130 valence electrons. The van der Waals surface area contributed by atoms with Crippen LogP contribution in [0.5, 0.6) is 5.75 Å². The van der Waals surface area contributed by atoms with Crippen LogP contribution in [0.4, 0.5) is 0 Å². The lowest BCUT2D eigenvalue weighted by atomic mass is 9.71. The van der Waals surface area contributed by atoms with Gasteiger partial charge >= 0.3 is 0 Å². The summed E-state index contributed by atoms with van der Waals surface area (Å²) >= 11 is 0. The zero-order valence-electron chi connectivity index (χ0n) is 14.4. The second kappa shape index (κ2) is 7.39. The fourth-order valence-corrected chi connectivity index (χ4v) is 3.94. The lowest BCUT2D eigenvalue weighted by Crippen LogP contribution is -2.50. The molecule has 0 saturated carbocycles. The van der Waals surface area contributed by atoms with Crippen molar-refractivity contribution in [3.63, 3.8) is 0 Å². The number of carbonyl (C=O) groups excluding carboxylic acids is 1. The molecular weight excluding hydrogens is 302 g/mol. The molecule has 3 rings (SSSR count). The molecule has 4 heteroatoms. The summed E-state index contributed by atoms with van der Waals surface area (Å²) in [5.74, 6) is 0.702. The average Bonchev–Trinajstić information content (AvgIpc) is 2.62. The van der Waals surface area contributed by atoms with Gasteiger partial charge in [-0.1, -0.05) is 24.3 Å². The third-order valence-electron chi connectivity index (χ3n) is 5.27. The number of amides is 1. The molecule has 1 aliphatic carbocycles. The molecule has 0 bridgehead atoms. The maximum atomic E-state index is 12.8. The second-order valence-electron chi connectivity index (χ2n) is 7.14. The van der Waals surface area contributed by atoms with Crippen LogP contribution in [0.1, 0.15) is 44.6 Å². The lowest BCUT2D eigenvalue weighted by molar-refractivity contribution is -0.141. The Labute approximate surface area is 144 Å². The first-order chi connectivity index (χ1) is 11.6. The molecule has 0 aromatic heterocycles. The van der Waals surface area contributed by atoms with E-state index < -0.39 is 6.10 Å². The van der Waals surface area contributed by atoms with Crippen molar-refractivity contribution in [2.24, 2.45) is 5.41 Å². The van der Waals surface area contributed by atoms with E-state index in [0.29, 0.717) is 5.75 Å². The second-order valence-corrected chi connectivity index (χ2v) is 7.14. The summed E-state index contributed by atoms with van der Waals surface area (Å²) in [6.45, 7) is 3.47. The Hall–Kier alpha value is -1.81. The fourth-order valence-electron chi connectivity index (χ4n) is 3.94. The number of aliphatic hydroxyl groups excluding tert-OH is 1. The van der Waals surface area contributed by atoms with Gasteiger partial charge < -0.3 is 14.7 Å². The Morgan fingerprint density at radius 2 is 2.25 bits per heavy atom. The van der Waals surface area contributed by atoms with Crippen LogP contribution in [0.25, 0.3) is 0 Å². The number of hydrogen-bond acceptors (Lipinski definition) is 3. The maximum Gasteiger partial charge on any atom is 0.263 e. The van der Waals surface area contributed by atoms with Gasteiger partial charge in [-0.15, -0.1) is 0 Å². The van der Waals surface area contributed by atoms with Gasteiger partial charge in [0, 0.05) is 13.1 Å². The van der Waals surface area contributed by atoms with E-state index >= 15 is 0 Å². The molecule has 2 atom stereocenters. The summed E-state index contributed by atoms with van der Waals surface area (Å²) in [4.78, 5) is 14.8. The van der Waals surface area contributed by atoms with Crippen LogP contribution in [0.3, 0.4) is 0 Å². The average molecular weight is 329 g/mol. The van der Waals surface area contributed by atoms with Crippen molar-refractivity contribution >= 4 is 5.91 Å². The smallest absolute Gasteiger partial charge is 0.263 e. The van der Waals surface area contributed by atoms with Crippen molar-refractivity contribution in [2.75, 3.05) is 13.1 Å². The van der Waals surface area contributed by atoms with Crippen LogP contribution in [0.15, 0.2) is 36.4 Å². The van der Waals surface area contributed by atoms with Crippen LogP contribution in [0, 0.1) is 5.41 Å². The highest BCUT2D eigenvalue weighted by molar-refractivity contribution is 5.81. The highest BCUT2D eigenvalue weighted by Crippen LogP contribution is 2.40. The fraction of sp³-hybridized carbons (Fsp3) is 0.550. The zero-order chi connectivity index (χ0) is 17.0. The molecule has 1 saturated heterocycles. The summed E-state index contributed by atoms with van der Waals surface area (Å²) in [5, 5.41) is 9.21. The van der Waals surface area contributed by atoms with E-state index in [9.17, 15) is 9.90 Å². The van der Waals surface area contributed by atoms with E-state index in [4.69, 9.17) is 4.74 Å². The van der Waals surface area contributed by atoms with Crippen molar-refractivity contribution in [3.8, 4) is 5.75 Å². The predicted molar refractivity (Wildman–Crippen MR) is 93.7 cm³/mol. The minimum Gasteiger partial charge on any atom is -0.481 e. The Kier molecular flexibility index (Phi) is 5.24. The minimum atomic E-state index is -0.506. The van der Waals surface area contributed by atoms with Crippen molar-refractivity contribution in [1.29, 1.82) is 0 Å². The van der Waals surface area contributed by atoms with Gasteiger partial charge in [-0.25, -0.2) is 0 Å². The summed E-state index contributed by atoms with van der Waals surface area (Å²) in [7, 11) is 0. The number of hydrogen-bond donors (Lipinski definition) is 1. The molecular formula is C20H27NO3. The number of aliphatic hydroxyl groups is 1. The quantitative estimate of drug-likeness (QED) is 0.862. The first-order valence-electron chi connectivity index (χ1n) is 8.92. The number of nitrogens with zero attached hydrogens (tertiary/aromatic N) is 1. The Bertz CT molecular complexity index is 613.